The van der Waals surface area contributed by atoms with Crippen molar-refractivity contribution in [2.24, 2.45) is 0 Å². The minimum Gasteiger partial charge on any atom is -0.335 e. The van der Waals surface area contributed by atoms with Crippen molar-refractivity contribution >= 4 is 34.2 Å². The fourth-order valence-electron chi connectivity index (χ4n) is 3.51. The number of nitrogens with zero attached hydrogens (tertiary/aromatic N) is 1. The van der Waals surface area contributed by atoms with Crippen molar-refractivity contribution < 1.29 is 31.9 Å². The highest BCUT2D eigenvalue weighted by atomic mass is 32.1. The van der Waals surface area contributed by atoms with E-state index in [-0.39, 0.29) is 11.6 Å². The van der Waals surface area contributed by atoms with Crippen LogP contribution in [0, 0.1) is 5.82 Å². The maximum absolute atomic E-state index is 13.5. The summed E-state index contributed by atoms with van der Waals surface area (Å²) in [4.78, 5) is 40.3. The molecule has 12 heteroatoms. The minimum atomic E-state index is -4.96. The van der Waals surface area contributed by atoms with Crippen molar-refractivity contribution in [3.63, 3.8) is 0 Å². The van der Waals surface area contributed by atoms with Crippen LogP contribution in [-0.4, -0.2) is 34.3 Å². The van der Waals surface area contributed by atoms with Crippen LogP contribution in [0.1, 0.15) is 66.9 Å². The van der Waals surface area contributed by atoms with E-state index in [1.807, 2.05) is 0 Å². The van der Waals surface area contributed by atoms with Gasteiger partial charge in [0.1, 0.15) is 16.2 Å². The number of carbonyl (C=O) groups is 3. The molecule has 1 aromatic carbocycles. The second-order valence-electron chi connectivity index (χ2n) is 8.54. The van der Waals surface area contributed by atoms with E-state index in [1.165, 1.54) is 13.8 Å². The molecule has 0 saturated heterocycles. The zero-order valence-electron chi connectivity index (χ0n) is 18.5. The summed E-state index contributed by atoms with van der Waals surface area (Å²) in [7, 11) is 0. The minimum absolute atomic E-state index is 0.000879. The third-order valence-electron chi connectivity index (χ3n) is 5.36. The topological polar surface area (TPSA) is 100 Å². The summed E-state index contributed by atoms with van der Waals surface area (Å²) >= 11 is 0.351. The Balaban J connectivity index is 1.74. The Kier molecular flexibility index (Phi) is 7.59. The number of hydrogen-bond acceptors (Lipinski definition) is 5. The zero-order chi connectivity index (χ0) is 25.1. The molecule has 0 radical (unpaired) electrons. The van der Waals surface area contributed by atoms with Crippen LogP contribution in [0.3, 0.4) is 0 Å². The molecule has 1 aliphatic rings. The molecule has 3 rings (SSSR count). The summed E-state index contributed by atoms with van der Waals surface area (Å²) in [5.41, 5.74) is -3.10. The Morgan fingerprint density at radius 2 is 1.65 bits per heavy atom. The molecule has 0 spiro atoms. The Morgan fingerprint density at radius 3 is 2.24 bits per heavy atom. The van der Waals surface area contributed by atoms with Crippen LogP contribution in [0.15, 0.2) is 24.3 Å². The lowest BCUT2D eigenvalue weighted by molar-refractivity contribution is -0.141. The molecule has 0 bridgehead atoms. The van der Waals surface area contributed by atoms with Crippen molar-refractivity contribution in [2.75, 3.05) is 5.32 Å². The van der Waals surface area contributed by atoms with Crippen molar-refractivity contribution in [3.05, 3.63) is 46.2 Å². The number of ketones is 1. The number of amides is 3. The zero-order valence-corrected chi connectivity index (χ0v) is 19.3. The molecule has 184 valence electrons. The largest absolute Gasteiger partial charge is 0.435 e. The molecule has 1 fully saturated rings. The van der Waals surface area contributed by atoms with Crippen molar-refractivity contribution in [2.45, 2.75) is 63.7 Å². The van der Waals surface area contributed by atoms with E-state index >= 15 is 0 Å². The Labute approximate surface area is 197 Å². The smallest absolute Gasteiger partial charge is 0.335 e. The molecule has 3 N–H and O–H groups in total. The summed E-state index contributed by atoms with van der Waals surface area (Å²) in [6.07, 6.45) is -0.182. The molecule has 1 aliphatic carbocycles. The number of hydrogen-bond donors (Lipinski definition) is 3. The Morgan fingerprint density at radius 1 is 1.03 bits per heavy atom. The molecule has 2 aromatic rings. The fraction of sp³-hybridized carbons (Fsp3) is 0.455. The standard InChI is InChI=1S/C22H24F4N4O3S/c1-21(2,30-19(33)27-14-6-4-3-5-7-14)18(32)29-20-28-17(22(24,25)26)16(34-20)15(31)12-8-10-13(23)11-9-12/h8-11,14H,3-7H2,1-2H3,(H2,27,30,33)(H,28,29,32). The number of benzene rings is 1. The van der Waals surface area contributed by atoms with Gasteiger partial charge in [0.2, 0.25) is 5.78 Å². The molecular weight excluding hydrogens is 476 g/mol. The maximum Gasteiger partial charge on any atom is 0.435 e. The van der Waals surface area contributed by atoms with Crippen LogP contribution in [0.5, 0.6) is 0 Å². The average Bonchev–Trinajstić information content (AvgIpc) is 3.18. The van der Waals surface area contributed by atoms with Gasteiger partial charge >= 0.3 is 12.2 Å². The van der Waals surface area contributed by atoms with Gasteiger partial charge in [-0.05, 0) is 51.0 Å². The quantitative estimate of drug-likeness (QED) is 0.389. The van der Waals surface area contributed by atoms with Gasteiger partial charge in [0.25, 0.3) is 5.91 Å². The van der Waals surface area contributed by atoms with Gasteiger partial charge in [0.15, 0.2) is 10.8 Å². The average molecular weight is 501 g/mol. The first kappa shape index (κ1) is 25.6. The normalized spacial score (nSPS) is 15.0. The molecule has 34 heavy (non-hydrogen) atoms. The number of rotatable bonds is 6. The van der Waals surface area contributed by atoms with E-state index < -0.39 is 51.0 Å². The molecule has 0 unspecified atom stereocenters. The molecule has 1 heterocycles. The second-order valence-corrected chi connectivity index (χ2v) is 9.54. The van der Waals surface area contributed by atoms with Crippen LogP contribution < -0.4 is 16.0 Å². The van der Waals surface area contributed by atoms with Gasteiger partial charge in [-0.25, -0.2) is 14.2 Å². The van der Waals surface area contributed by atoms with Crippen LogP contribution in [-0.2, 0) is 11.0 Å². The number of carbonyl (C=O) groups excluding carboxylic acids is 3. The molecule has 0 atom stereocenters. The third kappa shape index (κ3) is 6.31. The van der Waals surface area contributed by atoms with Crippen LogP contribution in [0.2, 0.25) is 0 Å². The number of nitrogens with one attached hydrogen (secondary N) is 3. The number of thiazole rings is 1. The number of anilines is 1. The summed E-state index contributed by atoms with van der Waals surface area (Å²) < 4.78 is 53.7. The molecule has 3 amide bonds. The summed E-state index contributed by atoms with van der Waals surface area (Å²) in [6, 6.07) is 3.48. The second kappa shape index (κ2) is 10.1. The van der Waals surface area contributed by atoms with Crippen LogP contribution in [0.25, 0.3) is 0 Å². The van der Waals surface area contributed by atoms with Gasteiger partial charge in [-0.15, -0.1) is 0 Å². The summed E-state index contributed by atoms with van der Waals surface area (Å²) in [5.74, 6) is -2.46. The summed E-state index contributed by atoms with van der Waals surface area (Å²) in [5, 5.41) is 7.12. The number of halogens is 4. The lowest BCUT2D eigenvalue weighted by atomic mass is 9.95. The van der Waals surface area contributed by atoms with Crippen LogP contribution in [0.4, 0.5) is 27.5 Å². The molecule has 1 saturated carbocycles. The molecule has 0 aliphatic heterocycles. The Hall–Kier alpha value is -3.02. The first-order valence-electron chi connectivity index (χ1n) is 10.7. The highest BCUT2D eigenvalue weighted by molar-refractivity contribution is 7.18. The summed E-state index contributed by atoms with van der Waals surface area (Å²) in [6.45, 7) is 2.79. The van der Waals surface area contributed by atoms with Crippen molar-refractivity contribution in [3.8, 4) is 0 Å². The van der Waals surface area contributed by atoms with Gasteiger partial charge in [0, 0.05) is 11.6 Å². The first-order valence-corrected chi connectivity index (χ1v) is 11.5. The highest BCUT2D eigenvalue weighted by Crippen LogP contribution is 2.37. The van der Waals surface area contributed by atoms with Crippen LogP contribution >= 0.6 is 11.3 Å². The van der Waals surface area contributed by atoms with Gasteiger partial charge in [0.05, 0.1) is 0 Å². The van der Waals surface area contributed by atoms with E-state index in [9.17, 15) is 31.9 Å². The predicted octanol–water partition coefficient (Wildman–Crippen LogP) is 4.88. The van der Waals surface area contributed by atoms with E-state index in [4.69, 9.17) is 0 Å². The lowest BCUT2D eigenvalue weighted by Crippen LogP contribution is -2.56. The molecule has 7 nitrogen and oxygen atoms in total. The van der Waals surface area contributed by atoms with Crippen molar-refractivity contribution in [1.29, 1.82) is 0 Å². The molecule has 1 aromatic heterocycles. The third-order valence-corrected chi connectivity index (χ3v) is 6.33. The van der Waals surface area contributed by atoms with E-state index in [2.05, 4.69) is 20.9 Å². The van der Waals surface area contributed by atoms with Gasteiger partial charge in [-0.2, -0.15) is 13.2 Å². The molecular formula is C22H24F4N4O3S. The van der Waals surface area contributed by atoms with Gasteiger partial charge in [-0.1, -0.05) is 30.6 Å². The maximum atomic E-state index is 13.5. The van der Waals surface area contributed by atoms with Crippen molar-refractivity contribution in [1.82, 2.24) is 15.6 Å². The van der Waals surface area contributed by atoms with Gasteiger partial charge < -0.3 is 10.6 Å². The fourth-order valence-corrected chi connectivity index (χ4v) is 4.46. The van der Waals surface area contributed by atoms with E-state index in [1.54, 1.807) is 0 Å². The monoisotopic (exact) mass is 500 g/mol. The SMILES string of the molecule is CC(C)(NC(=O)NC1CCCCC1)C(=O)Nc1nc(C(F)(F)F)c(C(=O)c2ccc(F)cc2)s1. The predicted molar refractivity (Wildman–Crippen MR) is 118 cm³/mol. The lowest BCUT2D eigenvalue weighted by Gasteiger charge is -2.28. The van der Waals surface area contributed by atoms with E-state index in [0.29, 0.717) is 11.3 Å². The number of alkyl halides is 3. The number of aromatic nitrogens is 1. The van der Waals surface area contributed by atoms with E-state index in [0.717, 1.165) is 56.4 Å². The Bertz CT molecular complexity index is 1060. The number of urea groups is 1. The highest BCUT2D eigenvalue weighted by Gasteiger charge is 2.40. The van der Waals surface area contributed by atoms with Gasteiger partial charge in [-0.3, -0.25) is 14.9 Å². The first-order chi connectivity index (χ1) is 15.9.